The fourth-order valence-corrected chi connectivity index (χ4v) is 8.34. The second-order valence-corrected chi connectivity index (χ2v) is 13.8. The minimum atomic E-state index is 1.03. The second-order valence-electron chi connectivity index (χ2n) is 8.56. The van der Waals surface area contributed by atoms with Crippen molar-refractivity contribution in [2.75, 3.05) is 0 Å². The minimum absolute atomic E-state index is 1.03. The summed E-state index contributed by atoms with van der Waals surface area (Å²) < 4.78 is 11.9. The fraction of sp³-hybridized carbons (Fsp3) is 0.462. The normalized spacial score (nSPS) is 11.6. The van der Waals surface area contributed by atoms with E-state index in [1.165, 1.54) is 103 Å². The lowest BCUT2D eigenvalue weighted by atomic mass is 10.0. The third kappa shape index (κ3) is 6.16. The monoisotopic (exact) mass is 624 g/mol. The molecule has 0 N–H and O–H groups in total. The first-order valence-electron chi connectivity index (χ1n) is 11.9. The van der Waals surface area contributed by atoms with Crippen LogP contribution in [-0.4, -0.2) is 8.75 Å². The smallest absolute Gasteiger partial charge is 0.114 e. The van der Waals surface area contributed by atoms with E-state index in [4.69, 9.17) is 8.75 Å². The van der Waals surface area contributed by atoms with Gasteiger partial charge in [0.05, 0.1) is 19.3 Å². The summed E-state index contributed by atoms with van der Waals surface area (Å²) in [7, 11) is 0. The molecule has 33 heavy (non-hydrogen) atoms. The molecule has 0 aliphatic carbocycles. The van der Waals surface area contributed by atoms with E-state index >= 15 is 0 Å². The van der Waals surface area contributed by atoms with Gasteiger partial charge in [-0.25, -0.2) is 0 Å². The Hall–Kier alpha value is -0.600. The van der Waals surface area contributed by atoms with Crippen LogP contribution in [0.1, 0.15) is 76.3 Å². The van der Waals surface area contributed by atoms with Crippen molar-refractivity contribution in [3.63, 3.8) is 0 Å². The first-order valence-corrected chi connectivity index (χ1v) is 15.9. The van der Waals surface area contributed by atoms with Gasteiger partial charge < -0.3 is 0 Å². The van der Waals surface area contributed by atoms with Crippen molar-refractivity contribution in [2.24, 2.45) is 0 Å². The second kappa shape index (κ2) is 12.4. The number of nitrogens with zero attached hydrogens (tertiary/aromatic N) is 2. The van der Waals surface area contributed by atoms with Crippen LogP contribution in [0.2, 0.25) is 0 Å². The highest BCUT2D eigenvalue weighted by molar-refractivity contribution is 9.11. The largest absolute Gasteiger partial charge is 0.172 e. The van der Waals surface area contributed by atoms with Gasteiger partial charge in [0.2, 0.25) is 0 Å². The Kier molecular flexibility index (Phi) is 9.57. The molecule has 0 saturated heterocycles. The van der Waals surface area contributed by atoms with Crippen LogP contribution in [0.3, 0.4) is 0 Å². The molecule has 4 aromatic rings. The Labute approximate surface area is 226 Å². The van der Waals surface area contributed by atoms with Crippen molar-refractivity contribution in [1.29, 1.82) is 0 Å². The van der Waals surface area contributed by atoms with Crippen LogP contribution in [0, 0.1) is 0 Å². The zero-order chi connectivity index (χ0) is 23.2. The van der Waals surface area contributed by atoms with E-state index in [2.05, 4.69) is 70.0 Å². The molecular weight excluding hydrogens is 596 g/mol. The number of aromatic nitrogens is 2. The lowest BCUT2D eigenvalue weighted by molar-refractivity contribution is 0.667. The molecule has 0 fully saturated rings. The fourth-order valence-electron chi connectivity index (χ4n) is 4.17. The molecule has 1 aromatic carbocycles. The Bertz CT molecular complexity index is 1100. The zero-order valence-corrected chi connectivity index (χ0v) is 24.9. The van der Waals surface area contributed by atoms with Crippen LogP contribution >= 0.6 is 66.3 Å². The van der Waals surface area contributed by atoms with Crippen LogP contribution in [-0.2, 0) is 12.8 Å². The van der Waals surface area contributed by atoms with Crippen LogP contribution < -0.4 is 0 Å². The molecule has 4 rings (SSSR count). The predicted molar refractivity (Wildman–Crippen MR) is 155 cm³/mol. The molecule has 0 amide bonds. The molecule has 0 aliphatic heterocycles. The molecule has 0 saturated carbocycles. The van der Waals surface area contributed by atoms with Gasteiger partial charge in [0.1, 0.15) is 11.0 Å². The van der Waals surface area contributed by atoms with E-state index in [1.807, 2.05) is 22.7 Å². The van der Waals surface area contributed by atoms with Gasteiger partial charge in [-0.15, -0.1) is 22.7 Å². The van der Waals surface area contributed by atoms with Gasteiger partial charge in [-0.1, -0.05) is 64.5 Å². The summed E-state index contributed by atoms with van der Waals surface area (Å²) in [5.41, 5.74) is 7.28. The highest BCUT2D eigenvalue weighted by atomic mass is 79.9. The van der Waals surface area contributed by atoms with Crippen LogP contribution in [0.25, 0.3) is 31.9 Å². The van der Waals surface area contributed by atoms with Crippen molar-refractivity contribution in [2.45, 2.75) is 78.1 Å². The van der Waals surface area contributed by atoms with E-state index < -0.39 is 0 Å². The van der Waals surface area contributed by atoms with E-state index in [0.717, 1.165) is 23.9 Å². The molecule has 0 aliphatic rings. The van der Waals surface area contributed by atoms with E-state index in [9.17, 15) is 0 Å². The quantitative estimate of drug-likeness (QED) is 0.146. The summed E-state index contributed by atoms with van der Waals surface area (Å²) in [5, 5.41) is 0. The summed E-state index contributed by atoms with van der Waals surface area (Å²) in [6, 6.07) is 9.19. The predicted octanol–water partition coefficient (Wildman–Crippen LogP) is 10.9. The van der Waals surface area contributed by atoms with Gasteiger partial charge in [0.15, 0.2) is 0 Å². The van der Waals surface area contributed by atoms with Gasteiger partial charge >= 0.3 is 0 Å². The van der Waals surface area contributed by atoms with E-state index in [0.29, 0.717) is 0 Å². The highest BCUT2D eigenvalue weighted by Crippen LogP contribution is 2.43. The number of halogens is 2. The summed E-state index contributed by atoms with van der Waals surface area (Å²) in [4.78, 5) is 2.56. The van der Waals surface area contributed by atoms with Gasteiger partial charge in [0, 0.05) is 20.9 Å². The molecule has 3 heterocycles. The maximum atomic E-state index is 4.72. The Morgan fingerprint density at radius 2 is 1.12 bits per heavy atom. The van der Waals surface area contributed by atoms with Crippen molar-refractivity contribution in [3.8, 4) is 20.9 Å². The number of fused-ring (bicyclic) bond motifs is 1. The SMILES string of the molecule is CCCCCCc1cc(-c2ccc(-c3cc(CCCCCC)c(Br)s3)c3nsnc23)sc1Br. The van der Waals surface area contributed by atoms with Crippen molar-refractivity contribution < 1.29 is 0 Å². The van der Waals surface area contributed by atoms with Gasteiger partial charge in [0.25, 0.3) is 0 Å². The van der Waals surface area contributed by atoms with E-state index in [-0.39, 0.29) is 0 Å². The third-order valence-corrected chi connectivity index (χ3v) is 10.6. The number of unbranched alkanes of at least 4 members (excludes halogenated alkanes) is 6. The molecule has 0 radical (unpaired) electrons. The average Bonchev–Trinajstić information content (AvgIpc) is 3.53. The molecule has 0 atom stereocenters. The minimum Gasteiger partial charge on any atom is -0.172 e. The number of aryl methyl sites for hydroxylation is 2. The lowest BCUT2D eigenvalue weighted by Crippen LogP contribution is -1.85. The van der Waals surface area contributed by atoms with Crippen molar-refractivity contribution in [3.05, 3.63) is 43.0 Å². The van der Waals surface area contributed by atoms with E-state index in [1.54, 1.807) is 0 Å². The standard InChI is InChI=1S/C26H30Br2N2S3/c1-3-5-7-9-11-17-15-21(31-25(17)27)19-13-14-20(24-23(19)29-33-30-24)22-16-18(26(28)32-22)12-10-8-6-4-2/h13-16H,3-12H2,1-2H3. The van der Waals surface area contributed by atoms with Crippen LogP contribution in [0.5, 0.6) is 0 Å². The topological polar surface area (TPSA) is 25.8 Å². The summed E-state index contributed by atoms with van der Waals surface area (Å²) in [5.74, 6) is 0. The summed E-state index contributed by atoms with van der Waals surface area (Å²) in [6.07, 6.45) is 12.6. The number of thiophene rings is 2. The first-order chi connectivity index (χ1) is 16.1. The third-order valence-electron chi connectivity index (χ3n) is 6.06. The number of rotatable bonds is 12. The number of hydrogen-bond donors (Lipinski definition) is 0. The van der Waals surface area contributed by atoms with Crippen molar-refractivity contribution >= 4 is 77.3 Å². The Morgan fingerprint density at radius 3 is 1.55 bits per heavy atom. The maximum absolute atomic E-state index is 4.72. The molecule has 0 spiro atoms. The number of hydrogen-bond acceptors (Lipinski definition) is 5. The Balaban J connectivity index is 1.59. The van der Waals surface area contributed by atoms with Gasteiger partial charge in [-0.2, -0.15) is 8.75 Å². The lowest BCUT2D eigenvalue weighted by Gasteiger charge is -2.03. The molecule has 7 heteroatoms. The Morgan fingerprint density at radius 1 is 0.667 bits per heavy atom. The van der Waals surface area contributed by atoms with Crippen LogP contribution in [0.15, 0.2) is 31.8 Å². The average molecular weight is 627 g/mol. The zero-order valence-electron chi connectivity index (χ0n) is 19.3. The molecular formula is C26H30Br2N2S3. The van der Waals surface area contributed by atoms with Crippen molar-refractivity contribution in [1.82, 2.24) is 8.75 Å². The molecule has 0 bridgehead atoms. The number of benzene rings is 1. The summed E-state index contributed by atoms with van der Waals surface area (Å²) in [6.45, 7) is 4.53. The highest BCUT2D eigenvalue weighted by Gasteiger charge is 2.18. The van der Waals surface area contributed by atoms with Gasteiger partial charge in [-0.05, 0) is 80.8 Å². The molecule has 0 unspecified atom stereocenters. The van der Waals surface area contributed by atoms with Gasteiger partial charge in [-0.3, -0.25) is 0 Å². The first kappa shape index (κ1) is 25.5. The molecule has 3 aromatic heterocycles. The molecule has 2 nitrogen and oxygen atoms in total. The summed E-state index contributed by atoms with van der Waals surface area (Å²) >= 11 is 12.6. The molecule has 176 valence electrons. The maximum Gasteiger partial charge on any atom is 0.114 e. The van der Waals surface area contributed by atoms with Crippen LogP contribution in [0.4, 0.5) is 0 Å².